The highest BCUT2D eigenvalue weighted by atomic mass is 16.5. The summed E-state index contributed by atoms with van der Waals surface area (Å²) in [7, 11) is 1.38. The van der Waals surface area contributed by atoms with Crippen molar-refractivity contribution in [2.45, 2.75) is 65.0 Å². The van der Waals surface area contributed by atoms with Gasteiger partial charge in [-0.1, -0.05) is 50.1 Å². The lowest BCUT2D eigenvalue weighted by molar-refractivity contribution is -0.133. The smallest absolute Gasteiger partial charge is 0.337 e. The Labute approximate surface area is 247 Å². The fourth-order valence-corrected chi connectivity index (χ4v) is 5.93. The zero-order valence-electron chi connectivity index (χ0n) is 24.8. The number of aryl methyl sites for hydroxylation is 2. The molecule has 9 nitrogen and oxygen atoms in total. The Kier molecular flexibility index (Phi) is 9.69. The molecular weight excluding hydrogens is 528 g/mol. The zero-order chi connectivity index (χ0) is 29.5. The van der Waals surface area contributed by atoms with Crippen molar-refractivity contribution in [2.75, 3.05) is 39.0 Å². The van der Waals surface area contributed by atoms with Crippen LogP contribution < -0.4 is 5.73 Å². The number of benzene rings is 2. The van der Waals surface area contributed by atoms with Crippen LogP contribution in [-0.2, 0) is 29.0 Å². The van der Waals surface area contributed by atoms with Crippen molar-refractivity contribution < 1.29 is 14.3 Å². The minimum absolute atomic E-state index is 0.112. The number of aromatic nitrogens is 3. The average molecular weight is 571 g/mol. The first kappa shape index (κ1) is 29.5. The fraction of sp³-hybridized carbons (Fsp3) is 0.455. The first-order chi connectivity index (χ1) is 20.5. The van der Waals surface area contributed by atoms with Gasteiger partial charge in [0.25, 0.3) is 0 Å². The molecule has 0 spiro atoms. The molecule has 0 atom stereocenters. The van der Waals surface area contributed by atoms with Crippen LogP contribution in [-0.4, -0.2) is 69.5 Å². The predicted octanol–water partition coefficient (Wildman–Crippen LogP) is 5.20. The van der Waals surface area contributed by atoms with E-state index in [1.54, 1.807) is 6.07 Å². The number of hydrogen-bond acceptors (Lipinski definition) is 7. The van der Waals surface area contributed by atoms with Crippen LogP contribution in [0.4, 0.5) is 5.82 Å². The number of nitrogens with two attached hydrogens (primary N) is 1. The maximum atomic E-state index is 13.7. The van der Waals surface area contributed by atoms with E-state index in [9.17, 15) is 9.59 Å². The Bertz CT molecular complexity index is 1540. The molecule has 2 aromatic carbocycles. The molecule has 0 unspecified atom stereocenters. The second-order valence-electron chi connectivity index (χ2n) is 11.2. The van der Waals surface area contributed by atoms with Crippen LogP contribution >= 0.6 is 0 Å². The van der Waals surface area contributed by atoms with E-state index in [0.717, 1.165) is 84.9 Å². The maximum absolute atomic E-state index is 13.7. The number of esters is 1. The normalized spacial score (nSPS) is 14.0. The van der Waals surface area contributed by atoms with Crippen molar-refractivity contribution in [3.63, 3.8) is 0 Å². The highest BCUT2D eigenvalue weighted by molar-refractivity contribution is 6.06. The van der Waals surface area contributed by atoms with Gasteiger partial charge in [-0.05, 0) is 62.5 Å². The van der Waals surface area contributed by atoms with Gasteiger partial charge in [-0.2, -0.15) is 0 Å². The molecule has 42 heavy (non-hydrogen) atoms. The number of pyridine rings is 1. The Hall–Kier alpha value is -3.98. The Balaban J connectivity index is 1.40. The summed E-state index contributed by atoms with van der Waals surface area (Å²) in [5.41, 5.74) is 10.4. The third-order valence-corrected chi connectivity index (χ3v) is 8.13. The van der Waals surface area contributed by atoms with E-state index in [2.05, 4.69) is 27.4 Å². The average Bonchev–Trinajstić information content (AvgIpc) is 3.38. The molecule has 1 amide bonds. The van der Waals surface area contributed by atoms with Gasteiger partial charge in [0, 0.05) is 31.4 Å². The number of methoxy groups -OCH3 is 1. The number of nitrogen functional groups attached to an aromatic ring is 1. The highest BCUT2D eigenvalue weighted by Gasteiger charge is 2.21. The van der Waals surface area contributed by atoms with Crippen LogP contribution in [0.25, 0.3) is 21.9 Å². The van der Waals surface area contributed by atoms with Crippen molar-refractivity contribution in [3.05, 3.63) is 65.5 Å². The number of rotatable bonds is 12. The molecule has 0 radical (unpaired) electrons. The van der Waals surface area contributed by atoms with E-state index >= 15 is 0 Å². The summed E-state index contributed by atoms with van der Waals surface area (Å²) in [4.78, 5) is 39.6. The first-order valence-electron chi connectivity index (χ1n) is 15.2. The number of nitrogens with zero attached hydrogens (tertiary/aromatic N) is 5. The standard InChI is InChI=1S/C33H42N6O3/c1-3-4-16-28-36-30-31(26-14-6-7-15-27(26)35-32(30)34)39(28)20-11-19-38(29(40)23-37-17-8-5-9-18-37)22-24-12-10-13-25(21-24)33(41)42-2/h6-7,10,12-15,21H,3-5,8-9,11,16-20,22-23H2,1-2H3,(H2,34,35). The summed E-state index contributed by atoms with van der Waals surface area (Å²) in [5.74, 6) is 1.19. The molecule has 0 bridgehead atoms. The largest absolute Gasteiger partial charge is 0.465 e. The number of carbonyl (C=O) groups excluding carboxylic acids is 2. The van der Waals surface area contributed by atoms with Crippen molar-refractivity contribution >= 4 is 39.6 Å². The van der Waals surface area contributed by atoms with Gasteiger partial charge in [0.15, 0.2) is 5.82 Å². The number of unbranched alkanes of at least 4 members (excludes halogenated alkanes) is 1. The first-order valence-corrected chi connectivity index (χ1v) is 15.2. The molecule has 0 saturated carbocycles. The quantitative estimate of drug-likeness (QED) is 0.233. The number of carbonyl (C=O) groups is 2. The molecule has 1 aliphatic heterocycles. The summed E-state index contributed by atoms with van der Waals surface area (Å²) >= 11 is 0. The monoisotopic (exact) mass is 570 g/mol. The lowest BCUT2D eigenvalue weighted by Crippen LogP contribution is -2.42. The molecule has 1 fully saturated rings. The summed E-state index contributed by atoms with van der Waals surface area (Å²) in [6.45, 7) is 6.24. The van der Waals surface area contributed by atoms with E-state index in [0.29, 0.717) is 37.6 Å². The van der Waals surface area contributed by atoms with Crippen LogP contribution in [0.1, 0.15) is 67.2 Å². The van der Waals surface area contributed by atoms with E-state index in [1.807, 2.05) is 41.3 Å². The second-order valence-corrected chi connectivity index (χ2v) is 11.2. The number of ether oxygens (including phenoxy) is 1. The summed E-state index contributed by atoms with van der Waals surface area (Å²) in [6.07, 6.45) is 7.21. The van der Waals surface area contributed by atoms with Crippen molar-refractivity contribution in [1.29, 1.82) is 0 Å². The van der Waals surface area contributed by atoms with E-state index < -0.39 is 0 Å². The molecule has 5 rings (SSSR count). The van der Waals surface area contributed by atoms with E-state index in [-0.39, 0.29) is 11.9 Å². The second kappa shape index (κ2) is 13.8. The summed E-state index contributed by atoms with van der Waals surface area (Å²) in [5, 5.41) is 1.04. The van der Waals surface area contributed by atoms with Crippen LogP contribution in [0.15, 0.2) is 48.5 Å². The number of imidazole rings is 1. The molecule has 2 N–H and O–H groups in total. The minimum atomic E-state index is -0.379. The molecule has 2 aromatic heterocycles. The molecule has 222 valence electrons. The van der Waals surface area contributed by atoms with Gasteiger partial charge in [-0.3, -0.25) is 9.69 Å². The van der Waals surface area contributed by atoms with Crippen LogP contribution in [0.5, 0.6) is 0 Å². The number of piperidine rings is 1. The Morgan fingerprint density at radius 3 is 2.62 bits per heavy atom. The molecule has 9 heteroatoms. The number of para-hydroxylation sites is 1. The van der Waals surface area contributed by atoms with Crippen molar-refractivity contribution in [1.82, 2.24) is 24.3 Å². The number of likely N-dealkylation sites (tertiary alicyclic amines) is 1. The predicted molar refractivity (Wildman–Crippen MR) is 166 cm³/mol. The van der Waals surface area contributed by atoms with Crippen molar-refractivity contribution in [2.24, 2.45) is 0 Å². The summed E-state index contributed by atoms with van der Waals surface area (Å²) in [6, 6.07) is 15.4. The van der Waals surface area contributed by atoms with E-state index in [4.69, 9.17) is 15.5 Å². The van der Waals surface area contributed by atoms with Gasteiger partial charge in [-0.15, -0.1) is 0 Å². The molecule has 3 heterocycles. The minimum Gasteiger partial charge on any atom is -0.465 e. The maximum Gasteiger partial charge on any atom is 0.337 e. The Morgan fingerprint density at radius 1 is 1.02 bits per heavy atom. The lowest BCUT2D eigenvalue weighted by Gasteiger charge is -2.30. The van der Waals surface area contributed by atoms with Gasteiger partial charge in [0.1, 0.15) is 11.3 Å². The van der Waals surface area contributed by atoms with Crippen LogP contribution in [0.2, 0.25) is 0 Å². The third kappa shape index (κ3) is 6.73. The van der Waals surface area contributed by atoms with Crippen LogP contribution in [0, 0.1) is 0 Å². The third-order valence-electron chi connectivity index (χ3n) is 8.13. The number of fused-ring (bicyclic) bond motifs is 3. The van der Waals surface area contributed by atoms with E-state index in [1.165, 1.54) is 13.5 Å². The highest BCUT2D eigenvalue weighted by Crippen LogP contribution is 2.29. The fourth-order valence-electron chi connectivity index (χ4n) is 5.93. The molecular formula is C33H42N6O3. The summed E-state index contributed by atoms with van der Waals surface area (Å²) < 4.78 is 7.20. The molecule has 4 aromatic rings. The Morgan fingerprint density at radius 2 is 1.83 bits per heavy atom. The van der Waals surface area contributed by atoms with Crippen LogP contribution in [0.3, 0.4) is 0 Å². The van der Waals surface area contributed by atoms with Gasteiger partial charge >= 0.3 is 5.97 Å². The van der Waals surface area contributed by atoms with Crippen molar-refractivity contribution in [3.8, 4) is 0 Å². The number of hydrogen-bond donors (Lipinski definition) is 1. The number of anilines is 1. The van der Waals surface area contributed by atoms with Gasteiger partial charge < -0.3 is 19.9 Å². The molecule has 1 aliphatic rings. The van der Waals surface area contributed by atoms with Gasteiger partial charge in [-0.25, -0.2) is 14.8 Å². The van der Waals surface area contributed by atoms with Gasteiger partial charge in [0.2, 0.25) is 5.91 Å². The van der Waals surface area contributed by atoms with Gasteiger partial charge in [0.05, 0.1) is 30.3 Å². The molecule has 1 saturated heterocycles. The zero-order valence-corrected chi connectivity index (χ0v) is 24.8. The number of amides is 1. The molecule has 0 aliphatic carbocycles. The SMILES string of the molecule is CCCCc1nc2c(N)nc3ccccc3c2n1CCCN(Cc1cccc(C(=O)OC)c1)C(=O)CN1CCCCC1. The topological polar surface area (TPSA) is 107 Å². The lowest BCUT2D eigenvalue weighted by atomic mass is 10.1.